The first-order valence-corrected chi connectivity index (χ1v) is 5.19. The topological polar surface area (TPSA) is 57.6 Å². The van der Waals surface area contributed by atoms with Gasteiger partial charge in [-0.15, -0.1) is 0 Å². The van der Waals surface area contributed by atoms with Crippen molar-refractivity contribution in [3.05, 3.63) is 35.6 Å². The summed E-state index contributed by atoms with van der Waals surface area (Å²) in [6.07, 6.45) is -0.195. The zero-order valence-electron chi connectivity index (χ0n) is 9.52. The molecule has 1 amide bonds. The van der Waals surface area contributed by atoms with Crippen LogP contribution in [0, 0.1) is 5.82 Å². The fourth-order valence-corrected chi connectivity index (χ4v) is 1.36. The number of carbonyl (C=O) groups is 2. The normalized spacial score (nSPS) is 10.0. The zero-order chi connectivity index (χ0) is 12.8. The van der Waals surface area contributed by atoms with E-state index in [1.165, 1.54) is 17.0 Å². The molecular formula is C12H14FNO3. The molecule has 1 aromatic rings. The van der Waals surface area contributed by atoms with Gasteiger partial charge < -0.3 is 10.0 Å². The van der Waals surface area contributed by atoms with E-state index in [0.29, 0.717) is 6.54 Å². The molecule has 0 fully saturated rings. The molecule has 0 aliphatic rings. The molecule has 0 atom stereocenters. The van der Waals surface area contributed by atoms with Gasteiger partial charge in [0.15, 0.2) is 0 Å². The van der Waals surface area contributed by atoms with E-state index in [1.807, 2.05) is 0 Å². The Balaban J connectivity index is 2.48. The molecule has 1 rings (SSSR count). The van der Waals surface area contributed by atoms with E-state index in [-0.39, 0.29) is 24.6 Å². The molecule has 0 saturated carbocycles. The van der Waals surface area contributed by atoms with Crippen LogP contribution < -0.4 is 0 Å². The monoisotopic (exact) mass is 239 g/mol. The Bertz CT molecular complexity index is 403. The summed E-state index contributed by atoms with van der Waals surface area (Å²) >= 11 is 0. The molecule has 0 heterocycles. The van der Waals surface area contributed by atoms with E-state index in [2.05, 4.69) is 0 Å². The van der Waals surface area contributed by atoms with Crippen LogP contribution >= 0.6 is 0 Å². The second-order valence-corrected chi connectivity index (χ2v) is 3.77. The highest BCUT2D eigenvalue weighted by atomic mass is 19.1. The van der Waals surface area contributed by atoms with E-state index < -0.39 is 5.97 Å². The second-order valence-electron chi connectivity index (χ2n) is 3.77. The first-order valence-electron chi connectivity index (χ1n) is 5.19. The lowest BCUT2D eigenvalue weighted by molar-refractivity contribution is -0.140. The predicted octanol–water partition coefficient (Wildman–Crippen LogP) is 1.65. The third kappa shape index (κ3) is 4.63. The number of halogens is 1. The fourth-order valence-electron chi connectivity index (χ4n) is 1.36. The van der Waals surface area contributed by atoms with Gasteiger partial charge in [-0.05, 0) is 17.7 Å². The molecule has 0 bridgehead atoms. The van der Waals surface area contributed by atoms with Crippen molar-refractivity contribution in [1.29, 1.82) is 0 Å². The van der Waals surface area contributed by atoms with Gasteiger partial charge in [0.25, 0.3) is 0 Å². The first kappa shape index (κ1) is 13.2. The van der Waals surface area contributed by atoms with Gasteiger partial charge in [0.1, 0.15) is 5.82 Å². The molecule has 1 N–H and O–H groups in total. The molecule has 0 aromatic heterocycles. The van der Waals surface area contributed by atoms with Crippen LogP contribution in [0.5, 0.6) is 0 Å². The highest BCUT2D eigenvalue weighted by molar-refractivity contribution is 5.80. The third-order valence-corrected chi connectivity index (χ3v) is 2.31. The maximum absolute atomic E-state index is 12.6. The lowest BCUT2D eigenvalue weighted by atomic mass is 10.2. The zero-order valence-corrected chi connectivity index (χ0v) is 9.52. The van der Waals surface area contributed by atoms with Crippen LogP contribution in [0.4, 0.5) is 4.39 Å². The molecule has 4 nitrogen and oxygen atoms in total. The first-order chi connectivity index (χ1) is 7.99. The molecule has 0 unspecified atom stereocenters. The number of rotatable bonds is 5. The molecule has 0 radical (unpaired) electrons. The summed E-state index contributed by atoms with van der Waals surface area (Å²) in [6.45, 7) is 0.346. The Labute approximate surface area is 98.7 Å². The van der Waals surface area contributed by atoms with Crippen LogP contribution in [0.2, 0.25) is 0 Å². The number of carboxylic acid groups (broad SMARTS) is 1. The maximum Gasteiger partial charge on any atom is 0.303 e. The third-order valence-electron chi connectivity index (χ3n) is 2.31. The van der Waals surface area contributed by atoms with Crippen molar-refractivity contribution < 1.29 is 19.1 Å². The second kappa shape index (κ2) is 5.98. The minimum Gasteiger partial charge on any atom is -0.481 e. The van der Waals surface area contributed by atoms with Crippen LogP contribution in [0.25, 0.3) is 0 Å². The van der Waals surface area contributed by atoms with Gasteiger partial charge in [0.2, 0.25) is 5.91 Å². The summed E-state index contributed by atoms with van der Waals surface area (Å²) < 4.78 is 12.6. The highest BCUT2D eigenvalue weighted by Crippen LogP contribution is 2.07. The standard InChI is InChI=1S/C12H14FNO3/c1-14(11(15)6-7-12(16)17)8-9-2-4-10(13)5-3-9/h2-5H,6-8H2,1H3,(H,16,17). The molecule has 0 saturated heterocycles. The van der Waals surface area contributed by atoms with E-state index in [0.717, 1.165) is 5.56 Å². The Morgan fingerprint density at radius 1 is 1.24 bits per heavy atom. The molecule has 92 valence electrons. The molecule has 1 aromatic carbocycles. The number of carbonyl (C=O) groups excluding carboxylic acids is 1. The molecule has 0 aliphatic carbocycles. The summed E-state index contributed by atoms with van der Waals surface area (Å²) in [5.41, 5.74) is 0.803. The Morgan fingerprint density at radius 2 is 1.82 bits per heavy atom. The summed E-state index contributed by atoms with van der Waals surface area (Å²) in [7, 11) is 1.59. The Morgan fingerprint density at radius 3 is 2.35 bits per heavy atom. The number of hydrogen-bond acceptors (Lipinski definition) is 2. The Hall–Kier alpha value is -1.91. The number of amides is 1. The van der Waals surface area contributed by atoms with Gasteiger partial charge >= 0.3 is 5.97 Å². The minimum atomic E-state index is -0.992. The molecule has 0 aliphatic heterocycles. The van der Waals surface area contributed by atoms with Crippen LogP contribution in [0.15, 0.2) is 24.3 Å². The number of benzene rings is 1. The molecular weight excluding hydrogens is 225 g/mol. The molecule has 5 heteroatoms. The molecule has 0 spiro atoms. The summed E-state index contributed by atoms with van der Waals surface area (Å²) in [5, 5.41) is 8.45. The minimum absolute atomic E-state index is 0.0208. The van der Waals surface area contributed by atoms with E-state index in [1.54, 1.807) is 19.2 Å². The van der Waals surface area contributed by atoms with Crippen LogP contribution in [-0.4, -0.2) is 28.9 Å². The molecule has 17 heavy (non-hydrogen) atoms. The van der Waals surface area contributed by atoms with Crippen molar-refractivity contribution in [2.75, 3.05) is 7.05 Å². The Kier molecular flexibility index (Phi) is 4.63. The van der Waals surface area contributed by atoms with Gasteiger partial charge in [-0.3, -0.25) is 9.59 Å². The number of nitrogens with zero attached hydrogens (tertiary/aromatic N) is 1. The average molecular weight is 239 g/mol. The van der Waals surface area contributed by atoms with Gasteiger partial charge in [-0.1, -0.05) is 12.1 Å². The average Bonchev–Trinajstić information content (AvgIpc) is 2.28. The van der Waals surface area contributed by atoms with E-state index in [4.69, 9.17) is 5.11 Å². The number of aliphatic carboxylic acids is 1. The van der Waals surface area contributed by atoms with Crippen molar-refractivity contribution in [2.45, 2.75) is 19.4 Å². The predicted molar refractivity (Wildman–Crippen MR) is 59.7 cm³/mol. The van der Waals surface area contributed by atoms with Gasteiger partial charge in [0.05, 0.1) is 6.42 Å². The van der Waals surface area contributed by atoms with Crippen LogP contribution in [0.1, 0.15) is 18.4 Å². The summed E-state index contributed by atoms with van der Waals surface area (Å²) in [6, 6.07) is 5.84. The highest BCUT2D eigenvalue weighted by Gasteiger charge is 2.11. The van der Waals surface area contributed by atoms with Crippen LogP contribution in [0.3, 0.4) is 0 Å². The largest absolute Gasteiger partial charge is 0.481 e. The van der Waals surface area contributed by atoms with Crippen molar-refractivity contribution in [3.8, 4) is 0 Å². The van der Waals surface area contributed by atoms with Crippen molar-refractivity contribution in [2.24, 2.45) is 0 Å². The number of carboxylic acids is 1. The van der Waals surface area contributed by atoms with Gasteiger partial charge in [-0.25, -0.2) is 4.39 Å². The number of hydrogen-bond donors (Lipinski definition) is 1. The SMILES string of the molecule is CN(Cc1ccc(F)cc1)C(=O)CCC(=O)O. The van der Waals surface area contributed by atoms with Gasteiger partial charge in [0, 0.05) is 20.0 Å². The lowest BCUT2D eigenvalue weighted by Crippen LogP contribution is -2.26. The van der Waals surface area contributed by atoms with Gasteiger partial charge in [-0.2, -0.15) is 0 Å². The lowest BCUT2D eigenvalue weighted by Gasteiger charge is -2.16. The van der Waals surface area contributed by atoms with Crippen molar-refractivity contribution in [1.82, 2.24) is 4.90 Å². The fraction of sp³-hybridized carbons (Fsp3) is 0.333. The quantitative estimate of drug-likeness (QED) is 0.850. The smallest absolute Gasteiger partial charge is 0.303 e. The summed E-state index contributed by atoms with van der Waals surface area (Å²) in [5.74, 6) is -1.56. The summed E-state index contributed by atoms with van der Waals surface area (Å²) in [4.78, 5) is 23.2. The van der Waals surface area contributed by atoms with Crippen LogP contribution in [-0.2, 0) is 16.1 Å². The van der Waals surface area contributed by atoms with Crippen molar-refractivity contribution in [3.63, 3.8) is 0 Å². The van der Waals surface area contributed by atoms with E-state index >= 15 is 0 Å². The van der Waals surface area contributed by atoms with Crippen molar-refractivity contribution >= 4 is 11.9 Å². The van der Waals surface area contributed by atoms with E-state index in [9.17, 15) is 14.0 Å². The maximum atomic E-state index is 12.6.